The van der Waals surface area contributed by atoms with Gasteiger partial charge in [0.15, 0.2) is 0 Å². The third kappa shape index (κ3) is 5.07. The minimum Gasteiger partial charge on any atom is -0.481 e. The summed E-state index contributed by atoms with van der Waals surface area (Å²) in [5, 5.41) is 11.6. The summed E-state index contributed by atoms with van der Waals surface area (Å²) in [6.45, 7) is 6.08. The molecule has 1 heterocycles. The van der Waals surface area contributed by atoms with E-state index in [0.717, 1.165) is 11.3 Å². The van der Waals surface area contributed by atoms with Gasteiger partial charge in [0.25, 0.3) is 5.91 Å². The minimum absolute atomic E-state index is 0.0619. The molecule has 0 saturated heterocycles. The summed E-state index contributed by atoms with van der Waals surface area (Å²) in [7, 11) is 0. The number of carboxylic acid groups (broad SMARTS) is 1. The minimum atomic E-state index is -0.829. The molecule has 2 N–H and O–H groups in total. The number of carboxylic acids is 1. The molecule has 1 aromatic heterocycles. The molecular formula is C17H20N2O3S2. The van der Waals surface area contributed by atoms with Crippen molar-refractivity contribution in [2.24, 2.45) is 0 Å². The fraction of sp³-hybridized carbons (Fsp3) is 0.353. The Hall–Kier alpha value is -1.86. The molecule has 0 aliphatic heterocycles. The maximum atomic E-state index is 12.5. The molecule has 0 spiro atoms. The molecule has 0 atom stereocenters. The summed E-state index contributed by atoms with van der Waals surface area (Å²) in [4.78, 5) is 28.0. The number of thiazole rings is 1. The van der Waals surface area contributed by atoms with Crippen LogP contribution in [0.2, 0.25) is 0 Å². The van der Waals surface area contributed by atoms with E-state index in [9.17, 15) is 9.59 Å². The fourth-order valence-corrected chi connectivity index (χ4v) is 3.71. The van der Waals surface area contributed by atoms with Crippen LogP contribution in [0.25, 0.3) is 0 Å². The van der Waals surface area contributed by atoms with Crippen LogP contribution in [-0.4, -0.2) is 27.7 Å². The smallest absolute Gasteiger partial charge is 0.313 e. The molecular weight excluding hydrogens is 344 g/mol. The lowest BCUT2D eigenvalue weighted by atomic mass is 9.91. The summed E-state index contributed by atoms with van der Waals surface area (Å²) in [6.07, 6.45) is 0. The predicted octanol–water partition coefficient (Wildman–Crippen LogP) is 4.01. The van der Waals surface area contributed by atoms with Crippen molar-refractivity contribution in [1.29, 1.82) is 0 Å². The average molecular weight is 364 g/mol. The van der Waals surface area contributed by atoms with Crippen molar-refractivity contribution in [3.8, 4) is 0 Å². The van der Waals surface area contributed by atoms with Gasteiger partial charge in [-0.15, -0.1) is 23.1 Å². The van der Waals surface area contributed by atoms with Crippen LogP contribution in [-0.2, 0) is 16.0 Å². The van der Waals surface area contributed by atoms with Gasteiger partial charge in [-0.25, -0.2) is 4.98 Å². The summed E-state index contributed by atoms with van der Waals surface area (Å²) >= 11 is 2.66. The third-order valence-corrected chi connectivity index (χ3v) is 4.98. The highest BCUT2D eigenvalue weighted by molar-refractivity contribution is 7.99. The first-order valence-electron chi connectivity index (χ1n) is 7.41. The van der Waals surface area contributed by atoms with Crippen molar-refractivity contribution in [1.82, 2.24) is 4.98 Å². The second kappa shape index (κ2) is 7.81. The highest BCUT2D eigenvalue weighted by atomic mass is 32.2. The molecule has 24 heavy (non-hydrogen) atoms. The van der Waals surface area contributed by atoms with Crippen molar-refractivity contribution in [3.05, 3.63) is 45.9 Å². The Morgan fingerprint density at radius 2 is 2.08 bits per heavy atom. The van der Waals surface area contributed by atoms with Crippen LogP contribution in [0.15, 0.2) is 29.8 Å². The third-order valence-electron chi connectivity index (χ3n) is 3.16. The van der Waals surface area contributed by atoms with Crippen LogP contribution in [0.1, 0.15) is 41.7 Å². The van der Waals surface area contributed by atoms with E-state index >= 15 is 0 Å². The second-order valence-corrected chi connectivity index (χ2v) is 8.16. The molecule has 0 unspecified atom stereocenters. The topological polar surface area (TPSA) is 79.3 Å². The molecule has 0 fully saturated rings. The Morgan fingerprint density at radius 1 is 1.33 bits per heavy atom. The number of carbonyl (C=O) groups is 2. The Kier molecular flexibility index (Phi) is 6.01. The summed E-state index contributed by atoms with van der Waals surface area (Å²) in [6, 6.07) is 7.45. The van der Waals surface area contributed by atoms with Gasteiger partial charge in [-0.05, 0) is 17.7 Å². The van der Waals surface area contributed by atoms with Gasteiger partial charge in [0.05, 0.1) is 17.0 Å². The average Bonchev–Trinajstić information content (AvgIpc) is 2.97. The summed E-state index contributed by atoms with van der Waals surface area (Å²) in [5.41, 5.74) is 3.95. The zero-order valence-corrected chi connectivity index (χ0v) is 15.5. The largest absolute Gasteiger partial charge is 0.481 e. The number of hydrogen-bond acceptors (Lipinski definition) is 5. The number of anilines is 1. The van der Waals surface area contributed by atoms with Crippen molar-refractivity contribution in [2.45, 2.75) is 31.9 Å². The molecule has 7 heteroatoms. The lowest BCUT2D eigenvalue weighted by Crippen LogP contribution is -2.19. The number of aromatic nitrogens is 1. The van der Waals surface area contributed by atoms with E-state index in [1.54, 1.807) is 5.51 Å². The van der Waals surface area contributed by atoms with Crippen molar-refractivity contribution in [3.63, 3.8) is 0 Å². The Balaban J connectivity index is 2.07. The number of rotatable bonds is 6. The van der Waals surface area contributed by atoms with Crippen LogP contribution in [0, 0.1) is 0 Å². The molecule has 1 aromatic carbocycles. The quantitative estimate of drug-likeness (QED) is 0.809. The SMILES string of the molecule is CC(C)(C)c1ncsc1C(=O)Nc1cccc(CSCC(=O)O)c1. The van der Waals surface area contributed by atoms with Crippen LogP contribution in [0.5, 0.6) is 0 Å². The summed E-state index contributed by atoms with van der Waals surface area (Å²) in [5.74, 6) is -0.349. The van der Waals surface area contributed by atoms with Crippen LogP contribution in [0.4, 0.5) is 5.69 Å². The number of carbonyl (C=O) groups excluding carboxylic acids is 1. The van der Waals surface area contributed by atoms with E-state index in [0.29, 0.717) is 16.3 Å². The Morgan fingerprint density at radius 3 is 2.75 bits per heavy atom. The highest BCUT2D eigenvalue weighted by Gasteiger charge is 2.24. The molecule has 1 amide bonds. The normalized spacial score (nSPS) is 11.3. The van der Waals surface area contributed by atoms with Gasteiger partial charge >= 0.3 is 5.97 Å². The number of thioether (sulfide) groups is 1. The van der Waals surface area contributed by atoms with E-state index in [2.05, 4.69) is 10.3 Å². The highest BCUT2D eigenvalue weighted by Crippen LogP contribution is 2.28. The lowest BCUT2D eigenvalue weighted by Gasteiger charge is -2.17. The van der Waals surface area contributed by atoms with Gasteiger partial charge in [-0.1, -0.05) is 32.9 Å². The number of amides is 1. The number of nitrogens with zero attached hydrogens (tertiary/aromatic N) is 1. The molecule has 128 valence electrons. The molecule has 0 aliphatic rings. The number of aliphatic carboxylic acids is 1. The van der Waals surface area contributed by atoms with Gasteiger partial charge in [-0.3, -0.25) is 9.59 Å². The zero-order valence-electron chi connectivity index (χ0n) is 13.8. The standard InChI is InChI=1S/C17H20N2O3S2/c1-17(2,3)15-14(24-10-18-15)16(22)19-12-6-4-5-11(7-12)8-23-9-13(20)21/h4-7,10H,8-9H2,1-3H3,(H,19,22)(H,20,21). The molecule has 2 aromatic rings. The van der Waals surface area contributed by atoms with Gasteiger partial charge in [0.2, 0.25) is 0 Å². The zero-order chi connectivity index (χ0) is 17.7. The van der Waals surface area contributed by atoms with Gasteiger partial charge in [-0.2, -0.15) is 0 Å². The maximum absolute atomic E-state index is 12.5. The van der Waals surface area contributed by atoms with Crippen molar-refractivity contribution in [2.75, 3.05) is 11.1 Å². The molecule has 0 aliphatic carbocycles. The van der Waals surface area contributed by atoms with E-state index in [-0.39, 0.29) is 17.1 Å². The van der Waals surface area contributed by atoms with Crippen LogP contribution in [0.3, 0.4) is 0 Å². The number of benzene rings is 1. The fourth-order valence-electron chi connectivity index (χ4n) is 2.12. The summed E-state index contributed by atoms with van der Waals surface area (Å²) < 4.78 is 0. The van der Waals surface area contributed by atoms with Crippen molar-refractivity contribution >= 4 is 40.7 Å². The van der Waals surface area contributed by atoms with Gasteiger partial charge in [0.1, 0.15) is 4.88 Å². The van der Waals surface area contributed by atoms with Crippen LogP contribution >= 0.6 is 23.1 Å². The molecule has 5 nitrogen and oxygen atoms in total. The van der Waals surface area contributed by atoms with Crippen LogP contribution < -0.4 is 5.32 Å². The van der Waals surface area contributed by atoms with E-state index in [4.69, 9.17) is 5.11 Å². The van der Waals surface area contributed by atoms with Gasteiger partial charge < -0.3 is 10.4 Å². The Bertz CT molecular complexity index is 735. The number of hydrogen-bond donors (Lipinski definition) is 2. The maximum Gasteiger partial charge on any atom is 0.313 e. The first-order valence-corrected chi connectivity index (χ1v) is 9.44. The van der Waals surface area contributed by atoms with E-state index < -0.39 is 5.97 Å². The first-order chi connectivity index (χ1) is 11.3. The number of nitrogens with one attached hydrogen (secondary N) is 1. The van der Waals surface area contributed by atoms with Gasteiger partial charge in [0, 0.05) is 16.9 Å². The molecule has 2 rings (SSSR count). The molecule has 0 saturated carbocycles. The lowest BCUT2D eigenvalue weighted by molar-refractivity contribution is -0.133. The second-order valence-electron chi connectivity index (χ2n) is 6.32. The monoisotopic (exact) mass is 364 g/mol. The van der Waals surface area contributed by atoms with Crippen molar-refractivity contribution < 1.29 is 14.7 Å². The molecule has 0 bridgehead atoms. The Labute approximate surface area is 149 Å². The van der Waals surface area contributed by atoms with E-state index in [1.807, 2.05) is 45.0 Å². The first kappa shape index (κ1) is 18.5. The molecule has 0 radical (unpaired) electrons. The predicted molar refractivity (Wildman–Crippen MR) is 99.0 cm³/mol. The van der Waals surface area contributed by atoms with E-state index in [1.165, 1.54) is 23.1 Å².